The van der Waals surface area contributed by atoms with Crippen LogP contribution in [0.1, 0.15) is 32.4 Å². The number of halogens is 1. The molecule has 0 bridgehead atoms. The van der Waals surface area contributed by atoms with Crippen molar-refractivity contribution in [3.05, 3.63) is 29.6 Å². The molecule has 3 unspecified atom stereocenters. The van der Waals surface area contributed by atoms with Crippen molar-refractivity contribution in [3.8, 4) is 5.75 Å². The Labute approximate surface area is 108 Å². The fourth-order valence-electron chi connectivity index (χ4n) is 1.79. The van der Waals surface area contributed by atoms with Gasteiger partial charge in [-0.15, -0.1) is 0 Å². The third-order valence-electron chi connectivity index (χ3n) is 3.33. The van der Waals surface area contributed by atoms with Crippen LogP contribution in [0.4, 0.5) is 4.39 Å². The number of rotatable bonds is 6. The fourth-order valence-corrected chi connectivity index (χ4v) is 1.79. The van der Waals surface area contributed by atoms with Crippen molar-refractivity contribution in [2.45, 2.75) is 32.9 Å². The van der Waals surface area contributed by atoms with Gasteiger partial charge in [0.2, 0.25) is 0 Å². The minimum absolute atomic E-state index is 0.111. The zero-order valence-electron chi connectivity index (χ0n) is 11.4. The largest absolute Gasteiger partial charge is 0.497 e. The second kappa shape index (κ2) is 6.71. The van der Waals surface area contributed by atoms with Crippen molar-refractivity contribution in [3.63, 3.8) is 0 Å². The van der Waals surface area contributed by atoms with Crippen LogP contribution in [0.15, 0.2) is 18.2 Å². The summed E-state index contributed by atoms with van der Waals surface area (Å²) in [6.07, 6.45) is 0. The summed E-state index contributed by atoms with van der Waals surface area (Å²) < 4.78 is 18.8. The Morgan fingerprint density at radius 1 is 1.33 bits per heavy atom. The molecule has 0 saturated carbocycles. The number of nitrogens with one attached hydrogen (secondary N) is 1. The van der Waals surface area contributed by atoms with Crippen LogP contribution in [0.25, 0.3) is 0 Å². The van der Waals surface area contributed by atoms with Gasteiger partial charge in [-0.2, -0.15) is 0 Å². The van der Waals surface area contributed by atoms with Gasteiger partial charge in [-0.05, 0) is 25.8 Å². The van der Waals surface area contributed by atoms with Gasteiger partial charge in [-0.25, -0.2) is 4.39 Å². The number of hydrogen-bond donors (Lipinski definition) is 2. The highest BCUT2D eigenvalue weighted by Crippen LogP contribution is 2.22. The zero-order chi connectivity index (χ0) is 13.7. The predicted octanol–water partition coefficient (Wildman–Crippen LogP) is 2.50. The first kappa shape index (κ1) is 14.9. The van der Waals surface area contributed by atoms with Gasteiger partial charge in [0.25, 0.3) is 0 Å². The van der Waals surface area contributed by atoms with E-state index in [1.54, 1.807) is 12.1 Å². The highest BCUT2D eigenvalue weighted by Gasteiger charge is 2.17. The van der Waals surface area contributed by atoms with Crippen LogP contribution in [0.2, 0.25) is 0 Å². The summed E-state index contributed by atoms with van der Waals surface area (Å²) >= 11 is 0. The van der Waals surface area contributed by atoms with Gasteiger partial charge < -0.3 is 15.2 Å². The van der Waals surface area contributed by atoms with Crippen LogP contribution in [-0.4, -0.2) is 24.9 Å². The van der Waals surface area contributed by atoms with E-state index in [9.17, 15) is 4.39 Å². The average molecular weight is 255 g/mol. The quantitative estimate of drug-likeness (QED) is 0.820. The predicted molar refractivity (Wildman–Crippen MR) is 70.2 cm³/mol. The van der Waals surface area contributed by atoms with E-state index in [0.717, 1.165) is 0 Å². The summed E-state index contributed by atoms with van der Waals surface area (Å²) in [5, 5.41) is 12.4. The van der Waals surface area contributed by atoms with Gasteiger partial charge in [0, 0.05) is 30.3 Å². The Balaban J connectivity index is 2.75. The molecule has 0 aliphatic carbocycles. The molecule has 0 radical (unpaired) electrons. The van der Waals surface area contributed by atoms with Gasteiger partial charge in [-0.3, -0.25) is 0 Å². The van der Waals surface area contributed by atoms with E-state index in [1.165, 1.54) is 13.2 Å². The molecule has 1 aromatic rings. The molecule has 3 atom stereocenters. The summed E-state index contributed by atoms with van der Waals surface area (Å²) in [6, 6.07) is 4.86. The molecule has 2 N–H and O–H groups in total. The molecule has 4 heteroatoms. The standard InChI is InChI=1S/C14H22FNO2/c1-9(8-17)10(2)16-11(3)13-6-5-12(18-4)7-14(13)15/h5-7,9-11,16-17H,8H2,1-4H3. The molecule has 0 spiro atoms. The molecule has 0 heterocycles. The fraction of sp³-hybridized carbons (Fsp3) is 0.571. The van der Waals surface area contributed by atoms with E-state index in [1.807, 2.05) is 20.8 Å². The SMILES string of the molecule is COc1ccc(C(C)NC(C)C(C)CO)c(F)c1. The third kappa shape index (κ3) is 3.68. The third-order valence-corrected chi connectivity index (χ3v) is 3.33. The summed E-state index contributed by atoms with van der Waals surface area (Å²) in [5.74, 6) is 0.368. The van der Waals surface area contributed by atoms with Crippen molar-refractivity contribution in [2.24, 2.45) is 5.92 Å². The van der Waals surface area contributed by atoms with Crippen molar-refractivity contribution < 1.29 is 14.2 Å². The molecule has 0 fully saturated rings. The second-order valence-electron chi connectivity index (χ2n) is 4.72. The molecule has 1 rings (SSSR count). The van der Waals surface area contributed by atoms with Gasteiger partial charge in [0.1, 0.15) is 11.6 Å². The molecule has 102 valence electrons. The van der Waals surface area contributed by atoms with E-state index in [2.05, 4.69) is 5.32 Å². The number of aliphatic hydroxyl groups excluding tert-OH is 1. The molecular weight excluding hydrogens is 233 g/mol. The normalized spacial score (nSPS) is 16.1. The Morgan fingerprint density at radius 3 is 2.50 bits per heavy atom. The highest BCUT2D eigenvalue weighted by atomic mass is 19.1. The van der Waals surface area contributed by atoms with Crippen LogP contribution in [-0.2, 0) is 0 Å². The maximum absolute atomic E-state index is 13.9. The minimum atomic E-state index is -0.279. The summed E-state index contributed by atoms with van der Waals surface area (Å²) in [5.41, 5.74) is 0.604. The molecule has 0 saturated heterocycles. The molecule has 0 aromatic heterocycles. The first-order valence-corrected chi connectivity index (χ1v) is 6.20. The Hall–Kier alpha value is -1.13. The molecule has 3 nitrogen and oxygen atoms in total. The first-order chi connectivity index (χ1) is 8.49. The zero-order valence-corrected chi connectivity index (χ0v) is 11.4. The number of ether oxygens (including phenoxy) is 1. The molecule has 0 amide bonds. The van der Waals surface area contributed by atoms with E-state index >= 15 is 0 Å². The van der Waals surface area contributed by atoms with Gasteiger partial charge >= 0.3 is 0 Å². The summed E-state index contributed by atoms with van der Waals surface area (Å²) in [6.45, 7) is 5.96. The monoisotopic (exact) mass is 255 g/mol. The summed E-state index contributed by atoms with van der Waals surface area (Å²) in [4.78, 5) is 0. The van der Waals surface area contributed by atoms with Gasteiger partial charge in [0.15, 0.2) is 0 Å². The van der Waals surface area contributed by atoms with Crippen LogP contribution >= 0.6 is 0 Å². The lowest BCUT2D eigenvalue weighted by atomic mass is 10.0. The van der Waals surface area contributed by atoms with Crippen molar-refractivity contribution >= 4 is 0 Å². The highest BCUT2D eigenvalue weighted by molar-refractivity contribution is 5.30. The lowest BCUT2D eigenvalue weighted by Gasteiger charge is -2.24. The number of benzene rings is 1. The van der Waals surface area contributed by atoms with Crippen LogP contribution in [0.5, 0.6) is 5.75 Å². The van der Waals surface area contributed by atoms with E-state index < -0.39 is 0 Å². The maximum Gasteiger partial charge on any atom is 0.131 e. The average Bonchev–Trinajstić information content (AvgIpc) is 2.37. The molecular formula is C14H22FNO2. The molecule has 18 heavy (non-hydrogen) atoms. The Bertz CT molecular complexity index is 384. The Kier molecular flexibility index (Phi) is 5.56. The lowest BCUT2D eigenvalue weighted by molar-refractivity contribution is 0.202. The second-order valence-corrected chi connectivity index (χ2v) is 4.72. The van der Waals surface area contributed by atoms with Crippen LogP contribution in [0.3, 0.4) is 0 Å². The van der Waals surface area contributed by atoms with Crippen molar-refractivity contribution in [1.82, 2.24) is 5.32 Å². The smallest absolute Gasteiger partial charge is 0.131 e. The van der Waals surface area contributed by atoms with Crippen LogP contribution < -0.4 is 10.1 Å². The Morgan fingerprint density at radius 2 is 2.00 bits per heavy atom. The topological polar surface area (TPSA) is 41.5 Å². The van der Waals surface area contributed by atoms with E-state index in [4.69, 9.17) is 9.84 Å². The summed E-state index contributed by atoms with van der Waals surface area (Å²) in [7, 11) is 1.52. The number of methoxy groups -OCH3 is 1. The van der Waals surface area contributed by atoms with Gasteiger partial charge in [0.05, 0.1) is 7.11 Å². The van der Waals surface area contributed by atoms with E-state index in [-0.39, 0.29) is 30.4 Å². The molecule has 0 aliphatic rings. The first-order valence-electron chi connectivity index (χ1n) is 6.20. The maximum atomic E-state index is 13.9. The number of aliphatic hydroxyl groups is 1. The minimum Gasteiger partial charge on any atom is -0.497 e. The van der Waals surface area contributed by atoms with E-state index in [0.29, 0.717) is 11.3 Å². The van der Waals surface area contributed by atoms with Gasteiger partial charge in [-0.1, -0.05) is 13.0 Å². The van der Waals surface area contributed by atoms with Crippen LogP contribution in [0, 0.1) is 11.7 Å². The lowest BCUT2D eigenvalue weighted by Crippen LogP contribution is -2.35. The van der Waals surface area contributed by atoms with Crippen molar-refractivity contribution in [2.75, 3.05) is 13.7 Å². The number of hydrogen-bond acceptors (Lipinski definition) is 3. The molecule has 0 aliphatic heterocycles. The van der Waals surface area contributed by atoms with Crippen molar-refractivity contribution in [1.29, 1.82) is 0 Å². The molecule has 1 aromatic carbocycles.